The Morgan fingerprint density at radius 3 is 2.81 bits per heavy atom. The van der Waals surface area contributed by atoms with Gasteiger partial charge in [-0.15, -0.1) is 0 Å². The van der Waals surface area contributed by atoms with E-state index in [2.05, 4.69) is 28.5 Å². The predicted molar refractivity (Wildman–Crippen MR) is 83.3 cm³/mol. The molecule has 3 heterocycles. The van der Waals surface area contributed by atoms with E-state index in [0.29, 0.717) is 11.4 Å². The van der Waals surface area contributed by atoms with Gasteiger partial charge in [-0.05, 0) is 26.0 Å². The summed E-state index contributed by atoms with van der Waals surface area (Å²) in [6.07, 6.45) is 1.62. The molecule has 2 aromatic heterocycles. The predicted octanol–water partition coefficient (Wildman–Crippen LogP) is 2.56. The lowest BCUT2D eigenvalue weighted by Crippen LogP contribution is -2.16. The number of fused-ring (bicyclic) bond motifs is 3. The summed E-state index contributed by atoms with van der Waals surface area (Å²) in [6, 6.07) is 8.44. The lowest BCUT2D eigenvalue weighted by Gasteiger charge is -2.13. The SMILES string of the molecule is Cc1ccc(-n2ncc3c(=O)nc4n(c32)C(C)CS4)cc1. The van der Waals surface area contributed by atoms with Crippen molar-refractivity contribution in [2.75, 3.05) is 5.75 Å². The second-order valence-corrected chi connectivity index (χ2v) is 6.35. The second-order valence-electron chi connectivity index (χ2n) is 5.36. The highest BCUT2D eigenvalue weighted by atomic mass is 32.2. The molecule has 0 bridgehead atoms. The van der Waals surface area contributed by atoms with Crippen LogP contribution in [-0.2, 0) is 0 Å². The lowest BCUT2D eigenvalue weighted by atomic mass is 10.2. The molecular weight excluding hydrogens is 284 g/mol. The maximum atomic E-state index is 12.2. The Hall–Kier alpha value is -2.08. The third-order valence-corrected chi connectivity index (χ3v) is 4.97. The summed E-state index contributed by atoms with van der Waals surface area (Å²) in [5.41, 5.74) is 2.80. The van der Waals surface area contributed by atoms with Crippen LogP contribution in [0.3, 0.4) is 0 Å². The molecule has 0 spiro atoms. The van der Waals surface area contributed by atoms with Gasteiger partial charge in [0, 0.05) is 11.8 Å². The molecule has 0 aliphatic carbocycles. The Morgan fingerprint density at radius 1 is 1.29 bits per heavy atom. The average molecular weight is 298 g/mol. The number of nitrogens with zero attached hydrogens (tertiary/aromatic N) is 4. The number of aryl methyl sites for hydroxylation is 1. The largest absolute Gasteiger partial charge is 0.301 e. The minimum Gasteiger partial charge on any atom is -0.301 e. The van der Waals surface area contributed by atoms with Crippen molar-refractivity contribution in [3.05, 3.63) is 46.4 Å². The number of rotatable bonds is 1. The van der Waals surface area contributed by atoms with Crippen LogP contribution in [0.2, 0.25) is 0 Å². The standard InChI is InChI=1S/C15H14N4OS/c1-9-3-5-11(6-4-9)19-14-12(7-16-19)13(20)17-15-18(14)10(2)8-21-15/h3-7,10H,8H2,1-2H3. The summed E-state index contributed by atoms with van der Waals surface area (Å²) in [7, 11) is 0. The molecule has 1 aromatic carbocycles. The molecule has 1 aliphatic rings. The van der Waals surface area contributed by atoms with Crippen LogP contribution in [0, 0.1) is 6.92 Å². The molecule has 1 unspecified atom stereocenters. The molecule has 0 saturated carbocycles. The van der Waals surface area contributed by atoms with Gasteiger partial charge in [-0.3, -0.25) is 4.79 Å². The number of hydrogen-bond acceptors (Lipinski definition) is 4. The Bertz CT molecular complexity index is 894. The van der Waals surface area contributed by atoms with Gasteiger partial charge in [0.05, 0.1) is 11.9 Å². The van der Waals surface area contributed by atoms with Gasteiger partial charge in [0.15, 0.2) is 10.8 Å². The molecule has 0 saturated heterocycles. The van der Waals surface area contributed by atoms with Crippen LogP contribution in [0.1, 0.15) is 18.5 Å². The Morgan fingerprint density at radius 2 is 2.05 bits per heavy atom. The minimum absolute atomic E-state index is 0.198. The molecule has 3 aromatic rings. The van der Waals surface area contributed by atoms with Gasteiger partial charge in [0.25, 0.3) is 5.56 Å². The molecule has 4 rings (SSSR count). The molecule has 5 nitrogen and oxygen atoms in total. The first-order valence-corrected chi connectivity index (χ1v) is 7.84. The van der Waals surface area contributed by atoms with E-state index in [1.54, 1.807) is 18.0 Å². The molecule has 0 amide bonds. The zero-order chi connectivity index (χ0) is 14.6. The summed E-state index contributed by atoms with van der Waals surface area (Å²) in [5.74, 6) is 0.935. The number of benzene rings is 1. The van der Waals surface area contributed by atoms with Gasteiger partial charge in [0.2, 0.25) is 0 Å². The van der Waals surface area contributed by atoms with Crippen molar-refractivity contribution in [3.8, 4) is 5.69 Å². The van der Waals surface area contributed by atoms with E-state index in [1.165, 1.54) is 5.56 Å². The van der Waals surface area contributed by atoms with Gasteiger partial charge in [-0.25, -0.2) is 4.68 Å². The summed E-state index contributed by atoms with van der Waals surface area (Å²) < 4.78 is 3.96. The molecule has 0 fully saturated rings. The number of aromatic nitrogens is 4. The molecule has 106 valence electrons. The van der Waals surface area contributed by atoms with Gasteiger partial charge in [-0.2, -0.15) is 10.1 Å². The maximum Gasteiger partial charge on any atom is 0.284 e. The Balaban J connectivity index is 2.08. The van der Waals surface area contributed by atoms with E-state index >= 15 is 0 Å². The summed E-state index contributed by atoms with van der Waals surface area (Å²) >= 11 is 1.63. The van der Waals surface area contributed by atoms with Crippen LogP contribution in [0.5, 0.6) is 0 Å². The fourth-order valence-electron chi connectivity index (χ4n) is 2.66. The number of thioether (sulfide) groups is 1. The molecule has 21 heavy (non-hydrogen) atoms. The monoisotopic (exact) mass is 298 g/mol. The molecule has 0 radical (unpaired) electrons. The smallest absolute Gasteiger partial charge is 0.284 e. The van der Waals surface area contributed by atoms with Crippen molar-refractivity contribution in [1.29, 1.82) is 0 Å². The first-order chi connectivity index (χ1) is 10.1. The first-order valence-electron chi connectivity index (χ1n) is 6.85. The second kappa shape index (κ2) is 4.46. The van der Waals surface area contributed by atoms with Crippen LogP contribution in [0.4, 0.5) is 0 Å². The Kier molecular flexibility index (Phi) is 2.68. The molecule has 6 heteroatoms. The van der Waals surface area contributed by atoms with Crippen molar-refractivity contribution < 1.29 is 0 Å². The summed E-state index contributed by atoms with van der Waals surface area (Å²) in [5, 5.41) is 5.78. The van der Waals surface area contributed by atoms with E-state index in [9.17, 15) is 4.79 Å². The van der Waals surface area contributed by atoms with E-state index in [4.69, 9.17) is 0 Å². The van der Waals surface area contributed by atoms with Crippen molar-refractivity contribution >= 4 is 22.8 Å². The molecule has 0 N–H and O–H groups in total. The fraction of sp³-hybridized carbons (Fsp3) is 0.267. The first kappa shape index (κ1) is 12.6. The van der Waals surface area contributed by atoms with Crippen LogP contribution in [0.15, 0.2) is 40.4 Å². The van der Waals surface area contributed by atoms with Crippen LogP contribution in [0.25, 0.3) is 16.7 Å². The highest BCUT2D eigenvalue weighted by molar-refractivity contribution is 7.99. The van der Waals surface area contributed by atoms with Gasteiger partial charge >= 0.3 is 0 Å². The van der Waals surface area contributed by atoms with Gasteiger partial charge in [-0.1, -0.05) is 29.5 Å². The minimum atomic E-state index is -0.198. The fourth-order valence-corrected chi connectivity index (χ4v) is 3.75. The zero-order valence-corrected chi connectivity index (χ0v) is 12.6. The van der Waals surface area contributed by atoms with E-state index < -0.39 is 0 Å². The highest BCUT2D eigenvalue weighted by Crippen LogP contribution is 2.34. The Labute approximate surface area is 125 Å². The van der Waals surface area contributed by atoms with E-state index in [0.717, 1.165) is 22.2 Å². The summed E-state index contributed by atoms with van der Waals surface area (Å²) in [6.45, 7) is 4.19. The average Bonchev–Trinajstić information content (AvgIpc) is 3.04. The van der Waals surface area contributed by atoms with Crippen molar-refractivity contribution in [2.24, 2.45) is 0 Å². The molecule has 1 atom stereocenters. The quantitative estimate of drug-likeness (QED) is 0.648. The van der Waals surface area contributed by atoms with Crippen LogP contribution < -0.4 is 5.56 Å². The molecule has 1 aliphatic heterocycles. The third kappa shape index (κ3) is 1.82. The zero-order valence-electron chi connectivity index (χ0n) is 11.8. The van der Waals surface area contributed by atoms with Crippen LogP contribution in [-0.4, -0.2) is 25.1 Å². The topological polar surface area (TPSA) is 52.7 Å². The van der Waals surface area contributed by atoms with E-state index in [-0.39, 0.29) is 5.56 Å². The number of hydrogen-bond donors (Lipinski definition) is 0. The maximum absolute atomic E-state index is 12.2. The summed E-state index contributed by atoms with van der Waals surface area (Å²) in [4.78, 5) is 16.3. The normalized spacial score (nSPS) is 17.3. The molecular formula is C15H14N4OS. The van der Waals surface area contributed by atoms with Crippen LogP contribution >= 0.6 is 11.8 Å². The van der Waals surface area contributed by atoms with Crippen molar-refractivity contribution in [2.45, 2.75) is 25.0 Å². The van der Waals surface area contributed by atoms with Crippen molar-refractivity contribution in [3.63, 3.8) is 0 Å². The lowest BCUT2D eigenvalue weighted by molar-refractivity contribution is 0.571. The van der Waals surface area contributed by atoms with Gasteiger partial charge in [0.1, 0.15) is 5.39 Å². The third-order valence-electron chi connectivity index (χ3n) is 3.78. The van der Waals surface area contributed by atoms with Crippen molar-refractivity contribution in [1.82, 2.24) is 19.3 Å². The highest BCUT2D eigenvalue weighted by Gasteiger charge is 2.25. The van der Waals surface area contributed by atoms with Gasteiger partial charge < -0.3 is 4.57 Å². The van der Waals surface area contributed by atoms with E-state index in [1.807, 2.05) is 28.9 Å².